The molecule has 2 aromatic carbocycles. The van der Waals surface area contributed by atoms with Gasteiger partial charge in [0.15, 0.2) is 9.84 Å². The van der Waals surface area contributed by atoms with Gasteiger partial charge in [-0.3, -0.25) is 4.79 Å². The third-order valence-electron chi connectivity index (χ3n) is 3.47. The molecule has 2 rings (SSSR count). The molecule has 0 radical (unpaired) electrons. The van der Waals surface area contributed by atoms with Crippen LogP contribution in [0.3, 0.4) is 0 Å². The van der Waals surface area contributed by atoms with E-state index in [1.54, 1.807) is 18.2 Å². The number of hydrogen-bond donors (Lipinski definition) is 1. The zero-order valence-corrected chi connectivity index (χ0v) is 13.5. The molecule has 0 saturated carbocycles. The molecular weight excluding hydrogens is 310 g/mol. The van der Waals surface area contributed by atoms with E-state index in [-0.39, 0.29) is 4.90 Å². The maximum atomic E-state index is 12.8. The number of benzene rings is 2. The molecule has 5 heteroatoms. The predicted molar refractivity (Wildman–Crippen MR) is 90.5 cm³/mol. The third kappa shape index (κ3) is 4.53. The smallest absolute Gasteiger partial charge is 0.244 e. The zero-order valence-electron chi connectivity index (χ0n) is 12.7. The molecule has 2 aromatic rings. The number of nitrogens with one attached hydrogen (secondary N) is 1. The quantitative estimate of drug-likeness (QED) is 0.795. The SMILES string of the molecule is C=CC(=O)NC(CCc1ccccc1)S(=O)(=O)c1ccccc1. The number of hydrogen-bond acceptors (Lipinski definition) is 3. The first-order chi connectivity index (χ1) is 11.0. The number of sulfone groups is 1. The van der Waals surface area contributed by atoms with Gasteiger partial charge in [-0.15, -0.1) is 0 Å². The van der Waals surface area contributed by atoms with E-state index < -0.39 is 21.1 Å². The monoisotopic (exact) mass is 329 g/mol. The van der Waals surface area contributed by atoms with Gasteiger partial charge < -0.3 is 5.32 Å². The Bertz CT molecular complexity index is 755. The predicted octanol–water partition coefficient (Wildman–Crippen LogP) is 2.72. The molecule has 0 aliphatic rings. The molecule has 0 heterocycles. The van der Waals surface area contributed by atoms with Crippen molar-refractivity contribution in [3.8, 4) is 0 Å². The minimum absolute atomic E-state index is 0.197. The lowest BCUT2D eigenvalue weighted by atomic mass is 10.1. The number of carbonyl (C=O) groups excluding carboxylic acids is 1. The van der Waals surface area contributed by atoms with Crippen LogP contribution in [0.1, 0.15) is 12.0 Å². The van der Waals surface area contributed by atoms with E-state index in [1.807, 2.05) is 30.3 Å². The van der Waals surface area contributed by atoms with E-state index in [9.17, 15) is 13.2 Å². The van der Waals surface area contributed by atoms with E-state index in [0.717, 1.165) is 11.6 Å². The lowest BCUT2D eigenvalue weighted by molar-refractivity contribution is -0.116. The largest absolute Gasteiger partial charge is 0.336 e. The van der Waals surface area contributed by atoms with Crippen molar-refractivity contribution in [2.75, 3.05) is 0 Å². The van der Waals surface area contributed by atoms with Crippen molar-refractivity contribution >= 4 is 15.7 Å². The van der Waals surface area contributed by atoms with Crippen LogP contribution in [0.15, 0.2) is 78.2 Å². The van der Waals surface area contributed by atoms with E-state index in [0.29, 0.717) is 12.8 Å². The van der Waals surface area contributed by atoms with Crippen LogP contribution in [-0.4, -0.2) is 19.7 Å². The van der Waals surface area contributed by atoms with Crippen molar-refractivity contribution in [2.45, 2.75) is 23.1 Å². The molecule has 0 aliphatic carbocycles. The highest BCUT2D eigenvalue weighted by Crippen LogP contribution is 2.18. The van der Waals surface area contributed by atoms with Gasteiger partial charge in [-0.1, -0.05) is 55.1 Å². The summed E-state index contributed by atoms with van der Waals surface area (Å²) in [5.74, 6) is -0.498. The fourth-order valence-corrected chi connectivity index (χ4v) is 3.80. The van der Waals surface area contributed by atoms with Gasteiger partial charge in [0.05, 0.1) is 4.90 Å². The molecule has 1 unspecified atom stereocenters. The van der Waals surface area contributed by atoms with Gasteiger partial charge in [-0.25, -0.2) is 8.42 Å². The third-order valence-corrected chi connectivity index (χ3v) is 5.50. The lowest BCUT2D eigenvalue weighted by Gasteiger charge is -2.18. The van der Waals surface area contributed by atoms with Crippen LogP contribution < -0.4 is 5.32 Å². The average molecular weight is 329 g/mol. The first kappa shape index (κ1) is 17.0. The molecule has 1 N–H and O–H groups in total. The second-order valence-electron chi connectivity index (χ2n) is 5.08. The van der Waals surface area contributed by atoms with Gasteiger partial charge in [0.2, 0.25) is 5.91 Å². The maximum absolute atomic E-state index is 12.8. The molecular formula is C18H19NO3S. The second-order valence-corrected chi connectivity index (χ2v) is 7.21. The molecule has 0 spiro atoms. The molecule has 120 valence electrons. The number of amides is 1. The van der Waals surface area contributed by atoms with Crippen LogP contribution in [0.2, 0.25) is 0 Å². The van der Waals surface area contributed by atoms with Gasteiger partial charge in [0, 0.05) is 0 Å². The normalized spacial score (nSPS) is 12.3. The zero-order chi connectivity index (χ0) is 16.7. The summed E-state index contributed by atoms with van der Waals surface area (Å²) in [5, 5.41) is 1.54. The molecule has 1 amide bonds. The summed E-state index contributed by atoms with van der Waals surface area (Å²) in [4.78, 5) is 11.8. The Balaban J connectivity index is 2.23. The standard InChI is InChI=1S/C18H19NO3S/c1-2-17(20)19-18(14-13-15-9-5-3-6-10-15)23(21,22)16-11-7-4-8-12-16/h2-12,18H,1,13-14H2,(H,19,20). The second kappa shape index (κ2) is 7.74. The highest BCUT2D eigenvalue weighted by Gasteiger charge is 2.28. The molecule has 1 atom stereocenters. The van der Waals surface area contributed by atoms with Crippen LogP contribution >= 0.6 is 0 Å². The van der Waals surface area contributed by atoms with Crippen molar-refractivity contribution in [1.82, 2.24) is 5.32 Å². The van der Waals surface area contributed by atoms with Gasteiger partial charge in [0.25, 0.3) is 0 Å². The van der Waals surface area contributed by atoms with E-state index in [1.165, 1.54) is 12.1 Å². The summed E-state index contributed by atoms with van der Waals surface area (Å²) in [6.07, 6.45) is 1.92. The Morgan fingerprint density at radius 1 is 1.04 bits per heavy atom. The van der Waals surface area contributed by atoms with Crippen LogP contribution in [0.25, 0.3) is 0 Å². The minimum Gasteiger partial charge on any atom is -0.336 e. The van der Waals surface area contributed by atoms with Crippen molar-refractivity contribution in [3.63, 3.8) is 0 Å². The van der Waals surface area contributed by atoms with E-state index >= 15 is 0 Å². The summed E-state index contributed by atoms with van der Waals surface area (Å²) in [6, 6.07) is 17.7. The molecule has 4 nitrogen and oxygen atoms in total. The van der Waals surface area contributed by atoms with Crippen LogP contribution in [0, 0.1) is 0 Å². The summed E-state index contributed by atoms with van der Waals surface area (Å²) in [7, 11) is -3.66. The molecule has 0 saturated heterocycles. The van der Waals surface area contributed by atoms with Gasteiger partial charge in [0.1, 0.15) is 5.37 Å². The van der Waals surface area contributed by atoms with Crippen molar-refractivity contribution in [1.29, 1.82) is 0 Å². The van der Waals surface area contributed by atoms with E-state index in [2.05, 4.69) is 11.9 Å². The number of aryl methyl sites for hydroxylation is 1. The Morgan fingerprint density at radius 3 is 2.17 bits per heavy atom. The van der Waals surface area contributed by atoms with Crippen molar-refractivity contribution < 1.29 is 13.2 Å². The summed E-state index contributed by atoms with van der Waals surface area (Å²) in [5.41, 5.74) is 1.02. The van der Waals surface area contributed by atoms with Crippen LogP contribution in [0.5, 0.6) is 0 Å². The van der Waals surface area contributed by atoms with Crippen molar-refractivity contribution in [2.24, 2.45) is 0 Å². The van der Waals surface area contributed by atoms with Gasteiger partial charge >= 0.3 is 0 Å². The Hall–Kier alpha value is -2.40. The fraction of sp³-hybridized carbons (Fsp3) is 0.167. The maximum Gasteiger partial charge on any atom is 0.244 e. The van der Waals surface area contributed by atoms with Crippen LogP contribution in [-0.2, 0) is 21.1 Å². The minimum atomic E-state index is -3.66. The Labute approximate surface area is 136 Å². The molecule has 23 heavy (non-hydrogen) atoms. The lowest BCUT2D eigenvalue weighted by Crippen LogP contribution is -2.40. The first-order valence-corrected chi connectivity index (χ1v) is 8.84. The molecule has 0 aromatic heterocycles. The fourth-order valence-electron chi connectivity index (χ4n) is 2.24. The molecule has 0 aliphatic heterocycles. The van der Waals surface area contributed by atoms with E-state index in [4.69, 9.17) is 0 Å². The molecule has 0 fully saturated rings. The number of carbonyl (C=O) groups is 1. The highest BCUT2D eigenvalue weighted by atomic mass is 32.2. The first-order valence-electron chi connectivity index (χ1n) is 7.30. The molecule has 0 bridgehead atoms. The summed E-state index contributed by atoms with van der Waals surface area (Å²) in [6.45, 7) is 3.38. The Kier molecular flexibility index (Phi) is 5.71. The number of rotatable bonds is 7. The van der Waals surface area contributed by atoms with Gasteiger partial charge in [-0.2, -0.15) is 0 Å². The summed E-state index contributed by atoms with van der Waals surface area (Å²) >= 11 is 0. The van der Waals surface area contributed by atoms with Crippen molar-refractivity contribution in [3.05, 3.63) is 78.9 Å². The average Bonchev–Trinajstić information content (AvgIpc) is 2.59. The van der Waals surface area contributed by atoms with Gasteiger partial charge in [-0.05, 0) is 36.6 Å². The van der Waals surface area contributed by atoms with Crippen LogP contribution in [0.4, 0.5) is 0 Å². The summed E-state index contributed by atoms with van der Waals surface area (Å²) < 4.78 is 25.5. The topological polar surface area (TPSA) is 63.2 Å². The highest BCUT2D eigenvalue weighted by molar-refractivity contribution is 7.92. The Morgan fingerprint density at radius 2 is 1.61 bits per heavy atom.